The Morgan fingerprint density at radius 2 is 1.50 bits per heavy atom. The quantitative estimate of drug-likeness (QED) is 0.703. The first-order valence-corrected chi connectivity index (χ1v) is 10.5. The van der Waals surface area contributed by atoms with E-state index in [-0.39, 0.29) is 11.9 Å². The van der Waals surface area contributed by atoms with Crippen molar-refractivity contribution in [3.8, 4) is 11.3 Å². The molecule has 2 aliphatic heterocycles. The molecule has 3 heterocycles. The molecule has 0 radical (unpaired) electrons. The highest BCUT2D eigenvalue weighted by Gasteiger charge is 2.29. The highest BCUT2D eigenvalue weighted by molar-refractivity contribution is 6.42. The summed E-state index contributed by atoms with van der Waals surface area (Å²) in [4.78, 5) is 39.2. The molecule has 2 aliphatic rings. The van der Waals surface area contributed by atoms with Crippen LogP contribution in [0, 0.1) is 0 Å². The fraction of sp³-hybridized carbons (Fsp3) is 0.400. The van der Waals surface area contributed by atoms with Crippen molar-refractivity contribution in [1.29, 1.82) is 0 Å². The van der Waals surface area contributed by atoms with Crippen molar-refractivity contribution in [3.63, 3.8) is 0 Å². The molecular weight excluding hydrogens is 429 g/mol. The Balaban J connectivity index is 1.40. The SMILES string of the molecule is O=C(c1cc(-c2ccc(Cl)c(Cl)c2)ncn1)N1CCN(C(=O)N2CCOCC2)CC1. The predicted octanol–water partition coefficient (Wildman–Crippen LogP) is 2.66. The monoisotopic (exact) mass is 449 g/mol. The number of amides is 3. The summed E-state index contributed by atoms with van der Waals surface area (Å²) in [7, 11) is 0. The molecule has 2 fully saturated rings. The van der Waals surface area contributed by atoms with E-state index in [1.165, 1.54) is 6.33 Å². The minimum Gasteiger partial charge on any atom is -0.378 e. The van der Waals surface area contributed by atoms with Gasteiger partial charge in [0.05, 0.1) is 29.0 Å². The summed E-state index contributed by atoms with van der Waals surface area (Å²) in [6.45, 7) is 4.26. The van der Waals surface area contributed by atoms with Gasteiger partial charge in [0.2, 0.25) is 0 Å². The summed E-state index contributed by atoms with van der Waals surface area (Å²) < 4.78 is 5.30. The van der Waals surface area contributed by atoms with Crippen molar-refractivity contribution < 1.29 is 14.3 Å². The second-order valence-corrected chi connectivity index (χ2v) is 7.89. The van der Waals surface area contributed by atoms with E-state index in [0.29, 0.717) is 73.9 Å². The van der Waals surface area contributed by atoms with Gasteiger partial charge in [0.15, 0.2) is 0 Å². The first-order chi connectivity index (χ1) is 14.5. The second kappa shape index (κ2) is 9.16. The summed E-state index contributed by atoms with van der Waals surface area (Å²) in [5.74, 6) is -0.183. The molecule has 30 heavy (non-hydrogen) atoms. The number of urea groups is 1. The van der Waals surface area contributed by atoms with E-state index in [0.717, 1.165) is 5.56 Å². The van der Waals surface area contributed by atoms with E-state index in [1.807, 2.05) is 0 Å². The Hall–Kier alpha value is -2.42. The third-order valence-electron chi connectivity index (χ3n) is 5.22. The number of hydrogen-bond donors (Lipinski definition) is 0. The van der Waals surface area contributed by atoms with Crippen molar-refractivity contribution >= 4 is 35.1 Å². The molecule has 3 amide bonds. The van der Waals surface area contributed by atoms with Crippen LogP contribution in [0.2, 0.25) is 10.0 Å². The minimum atomic E-state index is -0.183. The van der Waals surface area contributed by atoms with Gasteiger partial charge in [-0.2, -0.15) is 0 Å². The zero-order valence-electron chi connectivity index (χ0n) is 16.3. The molecule has 10 heteroatoms. The lowest BCUT2D eigenvalue weighted by molar-refractivity contribution is 0.0361. The molecule has 1 aromatic carbocycles. The van der Waals surface area contributed by atoms with Gasteiger partial charge < -0.3 is 19.4 Å². The molecule has 1 aromatic heterocycles. The van der Waals surface area contributed by atoms with Gasteiger partial charge in [0.25, 0.3) is 5.91 Å². The van der Waals surface area contributed by atoms with Crippen LogP contribution in [0.3, 0.4) is 0 Å². The molecule has 0 atom stereocenters. The third-order valence-corrected chi connectivity index (χ3v) is 5.96. The van der Waals surface area contributed by atoms with Crippen molar-refractivity contribution in [2.45, 2.75) is 0 Å². The fourth-order valence-corrected chi connectivity index (χ4v) is 3.80. The Labute approximate surface area is 184 Å². The van der Waals surface area contributed by atoms with Crippen molar-refractivity contribution in [1.82, 2.24) is 24.7 Å². The number of ether oxygens (including phenoxy) is 1. The highest BCUT2D eigenvalue weighted by Crippen LogP contribution is 2.27. The first-order valence-electron chi connectivity index (χ1n) is 9.71. The molecule has 4 rings (SSSR count). The lowest BCUT2D eigenvalue weighted by Crippen LogP contribution is -2.55. The maximum Gasteiger partial charge on any atom is 0.320 e. The van der Waals surface area contributed by atoms with Gasteiger partial charge in [-0.15, -0.1) is 0 Å². The summed E-state index contributed by atoms with van der Waals surface area (Å²) in [5, 5.41) is 0.872. The van der Waals surface area contributed by atoms with Gasteiger partial charge in [-0.25, -0.2) is 14.8 Å². The van der Waals surface area contributed by atoms with E-state index >= 15 is 0 Å². The number of halogens is 2. The molecule has 158 valence electrons. The largest absolute Gasteiger partial charge is 0.378 e. The summed E-state index contributed by atoms with van der Waals surface area (Å²) >= 11 is 12.1. The number of aromatic nitrogens is 2. The third kappa shape index (κ3) is 4.50. The van der Waals surface area contributed by atoms with Gasteiger partial charge in [-0.05, 0) is 18.2 Å². The zero-order chi connectivity index (χ0) is 21.1. The number of nitrogens with zero attached hydrogens (tertiary/aromatic N) is 5. The van der Waals surface area contributed by atoms with E-state index in [2.05, 4.69) is 9.97 Å². The van der Waals surface area contributed by atoms with Crippen LogP contribution in [0.25, 0.3) is 11.3 Å². The van der Waals surface area contributed by atoms with E-state index in [9.17, 15) is 9.59 Å². The van der Waals surface area contributed by atoms with Gasteiger partial charge in [-0.3, -0.25) is 4.79 Å². The molecule has 0 spiro atoms. The van der Waals surface area contributed by atoms with Crippen LogP contribution in [0.15, 0.2) is 30.6 Å². The summed E-state index contributed by atoms with van der Waals surface area (Å²) in [5.41, 5.74) is 1.65. The van der Waals surface area contributed by atoms with Crippen molar-refractivity contribution in [3.05, 3.63) is 46.3 Å². The molecule has 0 aliphatic carbocycles. The Bertz CT molecular complexity index is 944. The lowest BCUT2D eigenvalue weighted by Gasteiger charge is -2.38. The van der Waals surface area contributed by atoms with Crippen LogP contribution in [0.1, 0.15) is 10.5 Å². The first kappa shape index (κ1) is 20.8. The number of hydrogen-bond acceptors (Lipinski definition) is 5. The molecule has 0 saturated carbocycles. The topological polar surface area (TPSA) is 78.9 Å². The zero-order valence-corrected chi connectivity index (χ0v) is 17.8. The van der Waals surface area contributed by atoms with Crippen LogP contribution < -0.4 is 0 Å². The molecule has 0 bridgehead atoms. The highest BCUT2D eigenvalue weighted by atomic mass is 35.5. The van der Waals surface area contributed by atoms with Crippen LogP contribution in [-0.4, -0.2) is 89.1 Å². The van der Waals surface area contributed by atoms with E-state index in [1.54, 1.807) is 39.0 Å². The van der Waals surface area contributed by atoms with Gasteiger partial charge in [0, 0.05) is 44.8 Å². The smallest absolute Gasteiger partial charge is 0.320 e. The summed E-state index contributed by atoms with van der Waals surface area (Å²) in [6.07, 6.45) is 1.36. The number of morpholine rings is 1. The number of carbonyl (C=O) groups excluding carboxylic acids is 2. The average molecular weight is 450 g/mol. The molecule has 0 N–H and O–H groups in total. The maximum atomic E-state index is 12.9. The van der Waals surface area contributed by atoms with Crippen molar-refractivity contribution in [2.24, 2.45) is 0 Å². The van der Waals surface area contributed by atoms with Crippen LogP contribution in [0.5, 0.6) is 0 Å². The maximum absolute atomic E-state index is 12.9. The van der Waals surface area contributed by atoms with Crippen LogP contribution in [0.4, 0.5) is 4.79 Å². The van der Waals surface area contributed by atoms with Gasteiger partial charge >= 0.3 is 6.03 Å². The normalized spacial score (nSPS) is 17.2. The van der Waals surface area contributed by atoms with E-state index < -0.39 is 0 Å². The van der Waals surface area contributed by atoms with Crippen molar-refractivity contribution in [2.75, 3.05) is 52.5 Å². The molecule has 8 nitrogen and oxygen atoms in total. The number of piperazine rings is 1. The van der Waals surface area contributed by atoms with Gasteiger partial charge in [-0.1, -0.05) is 29.3 Å². The van der Waals surface area contributed by atoms with Gasteiger partial charge in [0.1, 0.15) is 12.0 Å². The Morgan fingerprint density at radius 1 is 0.833 bits per heavy atom. The predicted molar refractivity (Wildman–Crippen MR) is 113 cm³/mol. The number of carbonyl (C=O) groups is 2. The Morgan fingerprint density at radius 3 is 2.20 bits per heavy atom. The lowest BCUT2D eigenvalue weighted by atomic mass is 10.1. The average Bonchev–Trinajstić information content (AvgIpc) is 2.80. The second-order valence-electron chi connectivity index (χ2n) is 7.08. The number of benzene rings is 1. The molecular formula is C20H21Cl2N5O3. The van der Waals surface area contributed by atoms with Crippen LogP contribution in [-0.2, 0) is 4.74 Å². The molecule has 2 aromatic rings. The number of rotatable bonds is 2. The summed E-state index contributed by atoms with van der Waals surface area (Å²) in [6, 6.07) is 6.84. The fourth-order valence-electron chi connectivity index (χ4n) is 3.51. The Kier molecular flexibility index (Phi) is 6.36. The standard InChI is InChI=1S/C20H21Cl2N5O3/c21-15-2-1-14(11-16(15)22)17-12-18(24-13-23-17)19(28)25-3-5-26(6-4-25)20(29)27-7-9-30-10-8-27/h1-2,11-13H,3-10H2. The van der Waals surface area contributed by atoms with Crippen LogP contribution >= 0.6 is 23.2 Å². The molecule has 0 unspecified atom stereocenters. The molecule has 2 saturated heterocycles. The van der Waals surface area contributed by atoms with E-state index in [4.69, 9.17) is 27.9 Å². The minimum absolute atomic E-state index is 0.00865.